The lowest BCUT2D eigenvalue weighted by Crippen LogP contribution is -2.30. The van der Waals surface area contributed by atoms with Crippen LogP contribution in [-0.4, -0.2) is 11.2 Å². The summed E-state index contributed by atoms with van der Waals surface area (Å²) < 4.78 is 0. The van der Waals surface area contributed by atoms with Crippen molar-refractivity contribution in [2.45, 2.75) is 23.6 Å². The van der Waals surface area contributed by atoms with Gasteiger partial charge in [-0.05, 0) is 36.8 Å². The van der Waals surface area contributed by atoms with Gasteiger partial charge in [-0.3, -0.25) is 4.79 Å². The molecule has 5 heteroatoms. The van der Waals surface area contributed by atoms with Crippen LogP contribution in [0.25, 0.3) is 0 Å². The largest absolute Gasteiger partial charge is 0.351 e. The van der Waals surface area contributed by atoms with E-state index in [1.807, 2.05) is 43.3 Å². The fourth-order valence-corrected chi connectivity index (χ4v) is 3.14. The van der Waals surface area contributed by atoms with E-state index < -0.39 is 0 Å². The molecule has 2 aromatic rings. The number of carbonyl (C=O) groups is 1. The number of hydrogen-bond acceptors (Lipinski definition) is 2. The molecule has 0 spiro atoms. The quantitative estimate of drug-likeness (QED) is 0.793. The summed E-state index contributed by atoms with van der Waals surface area (Å²) in [5, 5.41) is 3.87. The van der Waals surface area contributed by atoms with Crippen LogP contribution in [0.2, 0.25) is 10.0 Å². The molecule has 2 nitrogen and oxygen atoms in total. The van der Waals surface area contributed by atoms with Gasteiger partial charge in [0.1, 0.15) is 0 Å². The summed E-state index contributed by atoms with van der Waals surface area (Å²) in [6.07, 6.45) is 0. The predicted molar refractivity (Wildman–Crippen MR) is 90.1 cm³/mol. The Bertz CT molecular complexity index is 619. The van der Waals surface area contributed by atoms with Crippen LogP contribution < -0.4 is 5.32 Å². The molecule has 21 heavy (non-hydrogen) atoms. The van der Waals surface area contributed by atoms with E-state index in [1.54, 1.807) is 12.1 Å². The van der Waals surface area contributed by atoms with Crippen LogP contribution in [0.5, 0.6) is 0 Å². The summed E-state index contributed by atoms with van der Waals surface area (Å²) in [4.78, 5) is 13.2. The highest BCUT2D eigenvalue weighted by Gasteiger charge is 2.14. The minimum Gasteiger partial charge on any atom is -0.351 e. The first kappa shape index (κ1) is 16.2. The predicted octanol–water partition coefficient (Wildman–Crippen LogP) is 4.79. The zero-order chi connectivity index (χ0) is 15.2. The standard InChI is InChI=1S/C16H15Cl2NOS/c1-11(21-14-5-3-2-4-6-14)16(20)19-10-12-7-8-13(17)9-15(12)18/h2-9,11H,10H2,1H3,(H,19,20)/t11-/m0/s1. The molecule has 0 heterocycles. The molecule has 0 unspecified atom stereocenters. The van der Waals surface area contributed by atoms with E-state index in [2.05, 4.69) is 5.32 Å². The average Bonchev–Trinajstić information content (AvgIpc) is 2.47. The molecule has 0 fully saturated rings. The highest BCUT2D eigenvalue weighted by atomic mass is 35.5. The van der Waals surface area contributed by atoms with Crippen LogP contribution in [0.15, 0.2) is 53.4 Å². The molecule has 0 aliphatic carbocycles. The average molecular weight is 340 g/mol. The van der Waals surface area contributed by atoms with E-state index in [-0.39, 0.29) is 11.2 Å². The zero-order valence-corrected chi connectivity index (χ0v) is 13.8. The van der Waals surface area contributed by atoms with Gasteiger partial charge in [-0.25, -0.2) is 0 Å². The number of thioether (sulfide) groups is 1. The molecule has 0 bridgehead atoms. The van der Waals surface area contributed by atoms with E-state index in [0.29, 0.717) is 16.6 Å². The lowest BCUT2D eigenvalue weighted by atomic mass is 10.2. The van der Waals surface area contributed by atoms with Crippen LogP contribution in [0.4, 0.5) is 0 Å². The monoisotopic (exact) mass is 339 g/mol. The summed E-state index contributed by atoms with van der Waals surface area (Å²) in [7, 11) is 0. The van der Waals surface area contributed by atoms with E-state index in [4.69, 9.17) is 23.2 Å². The Kier molecular flexibility index (Phi) is 5.97. The van der Waals surface area contributed by atoms with Gasteiger partial charge in [0.05, 0.1) is 5.25 Å². The first-order chi connectivity index (χ1) is 10.1. The lowest BCUT2D eigenvalue weighted by Gasteiger charge is -2.12. The first-order valence-electron chi connectivity index (χ1n) is 6.49. The molecule has 1 atom stereocenters. The fraction of sp³-hybridized carbons (Fsp3) is 0.188. The molecule has 0 saturated heterocycles. The second-order valence-corrected chi connectivity index (χ2v) is 6.78. The minimum absolute atomic E-state index is 0.0186. The Morgan fingerprint density at radius 3 is 2.57 bits per heavy atom. The number of nitrogens with one attached hydrogen (secondary N) is 1. The number of halogens is 2. The van der Waals surface area contributed by atoms with Crippen molar-refractivity contribution in [1.82, 2.24) is 5.32 Å². The Balaban J connectivity index is 1.89. The molecular weight excluding hydrogens is 325 g/mol. The molecule has 110 valence electrons. The van der Waals surface area contributed by atoms with E-state index in [1.165, 1.54) is 11.8 Å². The van der Waals surface area contributed by atoms with Gasteiger partial charge >= 0.3 is 0 Å². The Morgan fingerprint density at radius 2 is 1.90 bits per heavy atom. The number of amides is 1. The Labute approximate surface area is 138 Å². The van der Waals surface area contributed by atoms with E-state index in [9.17, 15) is 4.79 Å². The van der Waals surface area contributed by atoms with Crippen LogP contribution in [0, 0.1) is 0 Å². The highest BCUT2D eigenvalue weighted by Crippen LogP contribution is 2.23. The second kappa shape index (κ2) is 7.74. The van der Waals surface area contributed by atoms with Gasteiger partial charge in [-0.15, -0.1) is 11.8 Å². The van der Waals surface area contributed by atoms with Gasteiger partial charge in [0.2, 0.25) is 5.91 Å². The third-order valence-electron chi connectivity index (χ3n) is 2.89. The molecular formula is C16H15Cl2NOS. The van der Waals surface area contributed by atoms with Crippen LogP contribution >= 0.6 is 35.0 Å². The van der Waals surface area contributed by atoms with Crippen LogP contribution in [0.3, 0.4) is 0 Å². The van der Waals surface area contributed by atoms with Crippen molar-refractivity contribution in [1.29, 1.82) is 0 Å². The smallest absolute Gasteiger partial charge is 0.233 e. The number of carbonyl (C=O) groups excluding carboxylic acids is 1. The maximum atomic E-state index is 12.1. The Morgan fingerprint density at radius 1 is 1.19 bits per heavy atom. The van der Waals surface area contributed by atoms with Crippen molar-refractivity contribution in [2.24, 2.45) is 0 Å². The van der Waals surface area contributed by atoms with Crippen LogP contribution in [0.1, 0.15) is 12.5 Å². The van der Waals surface area contributed by atoms with Crippen LogP contribution in [-0.2, 0) is 11.3 Å². The molecule has 1 N–H and O–H groups in total. The molecule has 0 aliphatic heterocycles. The van der Waals surface area contributed by atoms with Gasteiger partial charge in [-0.2, -0.15) is 0 Å². The molecule has 0 aromatic heterocycles. The van der Waals surface area contributed by atoms with Crippen molar-refractivity contribution in [3.05, 3.63) is 64.1 Å². The summed E-state index contributed by atoms with van der Waals surface area (Å²) >= 11 is 13.5. The molecule has 0 saturated carbocycles. The van der Waals surface area contributed by atoms with Gasteiger partial charge in [0, 0.05) is 21.5 Å². The van der Waals surface area contributed by atoms with Crippen molar-refractivity contribution in [3.63, 3.8) is 0 Å². The first-order valence-corrected chi connectivity index (χ1v) is 8.13. The maximum Gasteiger partial charge on any atom is 0.233 e. The second-order valence-electron chi connectivity index (χ2n) is 4.53. The minimum atomic E-state index is -0.168. The van der Waals surface area contributed by atoms with E-state index in [0.717, 1.165) is 10.5 Å². The molecule has 2 rings (SSSR count). The SMILES string of the molecule is C[C@H](Sc1ccccc1)C(=O)NCc1ccc(Cl)cc1Cl. The highest BCUT2D eigenvalue weighted by molar-refractivity contribution is 8.00. The third kappa shape index (κ3) is 4.95. The van der Waals surface area contributed by atoms with Crippen molar-refractivity contribution >= 4 is 40.9 Å². The molecule has 1 amide bonds. The summed E-state index contributed by atoms with van der Waals surface area (Å²) in [6.45, 7) is 2.28. The third-order valence-corrected chi connectivity index (χ3v) is 4.59. The normalized spacial score (nSPS) is 12.0. The van der Waals surface area contributed by atoms with Gasteiger partial charge in [-0.1, -0.05) is 47.5 Å². The molecule has 2 aromatic carbocycles. The fourth-order valence-electron chi connectivity index (χ4n) is 1.75. The van der Waals surface area contributed by atoms with Gasteiger partial charge in [0.15, 0.2) is 0 Å². The number of benzene rings is 2. The summed E-state index contributed by atoms with van der Waals surface area (Å²) in [5.41, 5.74) is 0.853. The van der Waals surface area contributed by atoms with Gasteiger partial charge < -0.3 is 5.32 Å². The zero-order valence-electron chi connectivity index (χ0n) is 11.5. The summed E-state index contributed by atoms with van der Waals surface area (Å²) in [6, 6.07) is 15.1. The van der Waals surface area contributed by atoms with Crippen molar-refractivity contribution < 1.29 is 4.79 Å². The molecule has 0 radical (unpaired) electrons. The van der Waals surface area contributed by atoms with Crippen molar-refractivity contribution in [2.75, 3.05) is 0 Å². The van der Waals surface area contributed by atoms with Gasteiger partial charge in [0.25, 0.3) is 0 Å². The number of hydrogen-bond donors (Lipinski definition) is 1. The number of rotatable bonds is 5. The lowest BCUT2D eigenvalue weighted by molar-refractivity contribution is -0.120. The Hall–Kier alpha value is -1.16. The maximum absolute atomic E-state index is 12.1. The van der Waals surface area contributed by atoms with Crippen molar-refractivity contribution in [3.8, 4) is 0 Å². The molecule has 0 aliphatic rings. The summed E-state index contributed by atoms with van der Waals surface area (Å²) in [5.74, 6) is -0.0186. The topological polar surface area (TPSA) is 29.1 Å². The van der Waals surface area contributed by atoms with E-state index >= 15 is 0 Å².